The molecule has 0 unspecified atom stereocenters. The van der Waals surface area contributed by atoms with Gasteiger partial charge in [0.2, 0.25) is 0 Å². The highest BCUT2D eigenvalue weighted by molar-refractivity contribution is 5.99. The molecule has 1 heterocycles. The molecule has 0 fully saturated rings. The second-order valence-corrected chi connectivity index (χ2v) is 11.6. The molecule has 0 radical (unpaired) electrons. The number of nitrogens with zero attached hydrogens (tertiary/aromatic N) is 1. The van der Waals surface area contributed by atoms with Crippen molar-refractivity contribution in [3.05, 3.63) is 81.7 Å². The minimum absolute atomic E-state index is 0.0112. The number of carboxylic acids is 1. The number of aryl methyl sites for hydroxylation is 2. The molecule has 2 N–H and O–H groups in total. The molecule has 3 rings (SSSR count). The molecule has 0 aliphatic heterocycles. The minimum Gasteiger partial charge on any atom is -0.496 e. The summed E-state index contributed by atoms with van der Waals surface area (Å²) in [4.78, 5) is 42.7. The maximum absolute atomic E-state index is 13.7. The van der Waals surface area contributed by atoms with Crippen LogP contribution in [-0.4, -0.2) is 40.8 Å². The van der Waals surface area contributed by atoms with Gasteiger partial charge in [0.15, 0.2) is 0 Å². The van der Waals surface area contributed by atoms with Crippen LogP contribution in [0.1, 0.15) is 83.4 Å². The minimum atomic E-state index is -1.12. The Bertz CT molecular complexity index is 1450. The number of ether oxygens (including phenoxy) is 3. The zero-order valence-electron chi connectivity index (χ0n) is 25.6. The monoisotopic (exact) mass is 576 g/mol. The zero-order valence-corrected chi connectivity index (χ0v) is 25.6. The lowest BCUT2D eigenvalue weighted by Gasteiger charge is -2.23. The molecule has 0 spiro atoms. The van der Waals surface area contributed by atoms with Gasteiger partial charge in [0.25, 0.3) is 0 Å². The molecule has 0 aliphatic carbocycles. The second kappa shape index (κ2) is 13.5. The molecule has 0 saturated heterocycles. The molecule has 2 aromatic carbocycles. The number of aromatic carboxylic acids is 1. The Labute approximate surface area is 247 Å². The van der Waals surface area contributed by atoms with Gasteiger partial charge in [0, 0.05) is 23.4 Å². The van der Waals surface area contributed by atoms with E-state index in [1.807, 2.05) is 31.2 Å². The van der Waals surface area contributed by atoms with Crippen LogP contribution in [-0.2, 0) is 29.0 Å². The molecule has 42 heavy (non-hydrogen) atoms. The third kappa shape index (κ3) is 8.31. The number of rotatable bonds is 10. The van der Waals surface area contributed by atoms with Crippen LogP contribution in [0.3, 0.4) is 0 Å². The Morgan fingerprint density at radius 2 is 1.69 bits per heavy atom. The van der Waals surface area contributed by atoms with Gasteiger partial charge in [-0.15, -0.1) is 0 Å². The Kier molecular flexibility index (Phi) is 10.3. The van der Waals surface area contributed by atoms with Crippen LogP contribution in [0.5, 0.6) is 5.75 Å². The third-order valence-corrected chi connectivity index (χ3v) is 6.39. The summed E-state index contributed by atoms with van der Waals surface area (Å²) in [6.45, 7) is 13.3. The van der Waals surface area contributed by atoms with Crippen LogP contribution in [0.2, 0.25) is 0 Å². The fourth-order valence-corrected chi connectivity index (χ4v) is 4.53. The van der Waals surface area contributed by atoms with E-state index in [-0.39, 0.29) is 30.4 Å². The maximum Gasteiger partial charge on any atom is 0.407 e. The predicted octanol–water partition coefficient (Wildman–Crippen LogP) is 6.65. The van der Waals surface area contributed by atoms with Crippen molar-refractivity contribution in [1.82, 2.24) is 10.3 Å². The fraction of sp³-hybridized carbons (Fsp3) is 0.394. The average Bonchev–Trinajstić information content (AvgIpc) is 2.89. The van der Waals surface area contributed by atoms with Crippen molar-refractivity contribution in [3.63, 3.8) is 0 Å². The van der Waals surface area contributed by atoms with E-state index in [1.54, 1.807) is 33.8 Å². The van der Waals surface area contributed by atoms with Gasteiger partial charge >= 0.3 is 18.0 Å². The van der Waals surface area contributed by atoms with Gasteiger partial charge < -0.3 is 24.6 Å². The molecule has 224 valence electrons. The number of carbonyl (C=O) groups is 3. The number of aromatic nitrogens is 1. The van der Waals surface area contributed by atoms with E-state index >= 15 is 0 Å². The SMILES string of the molecule is COc1cc(COC(=O)c2c(C)nc(CC(C)C)c(CNC(=O)OC(C)(C)C)c2-c2ccc(C)cc2)ccc1C(=O)O. The largest absolute Gasteiger partial charge is 0.496 e. The van der Waals surface area contributed by atoms with Gasteiger partial charge in [-0.25, -0.2) is 14.4 Å². The van der Waals surface area contributed by atoms with Gasteiger partial charge in [0.05, 0.1) is 18.4 Å². The van der Waals surface area contributed by atoms with Crippen LogP contribution in [0.25, 0.3) is 11.1 Å². The lowest BCUT2D eigenvalue weighted by Crippen LogP contribution is -2.32. The summed E-state index contributed by atoms with van der Waals surface area (Å²) >= 11 is 0. The molecule has 3 aromatic rings. The first-order valence-corrected chi connectivity index (χ1v) is 13.8. The lowest BCUT2D eigenvalue weighted by atomic mass is 9.89. The topological polar surface area (TPSA) is 124 Å². The quantitative estimate of drug-likeness (QED) is 0.257. The number of alkyl carbamates (subject to hydrolysis) is 1. The van der Waals surface area contributed by atoms with Crippen LogP contribution in [0.15, 0.2) is 42.5 Å². The van der Waals surface area contributed by atoms with Gasteiger partial charge in [-0.1, -0.05) is 49.7 Å². The number of benzene rings is 2. The van der Waals surface area contributed by atoms with Crippen LogP contribution in [0, 0.1) is 19.8 Å². The number of hydrogen-bond acceptors (Lipinski definition) is 7. The van der Waals surface area contributed by atoms with Crippen molar-refractivity contribution in [1.29, 1.82) is 0 Å². The Balaban J connectivity index is 2.09. The van der Waals surface area contributed by atoms with Crippen molar-refractivity contribution in [2.24, 2.45) is 5.92 Å². The summed E-state index contributed by atoms with van der Waals surface area (Å²) in [5.41, 5.74) is 4.68. The summed E-state index contributed by atoms with van der Waals surface area (Å²) in [7, 11) is 1.38. The van der Waals surface area contributed by atoms with E-state index in [4.69, 9.17) is 19.2 Å². The molecule has 0 bridgehead atoms. The predicted molar refractivity (Wildman–Crippen MR) is 160 cm³/mol. The molecular weight excluding hydrogens is 536 g/mol. The number of amides is 1. The van der Waals surface area contributed by atoms with E-state index in [1.165, 1.54) is 19.2 Å². The van der Waals surface area contributed by atoms with Crippen molar-refractivity contribution in [2.45, 2.75) is 73.6 Å². The first kappa shape index (κ1) is 32.1. The summed E-state index contributed by atoms with van der Waals surface area (Å²) in [5.74, 6) is -1.27. The van der Waals surface area contributed by atoms with E-state index in [0.29, 0.717) is 34.4 Å². The Morgan fingerprint density at radius 1 is 1.02 bits per heavy atom. The molecule has 0 atom stereocenters. The standard InChI is InChI=1S/C33H40N2O7/c1-19(2)15-26-25(17-34-32(39)42-33(5,6)7)29(23-12-9-20(3)10-13-23)28(21(4)35-26)31(38)41-18-22-11-14-24(30(36)37)27(16-22)40-8/h9-14,16,19H,15,17-18H2,1-8H3,(H,34,39)(H,36,37). The molecule has 9 heteroatoms. The smallest absolute Gasteiger partial charge is 0.407 e. The first-order chi connectivity index (χ1) is 19.7. The molecule has 1 amide bonds. The highest BCUT2D eigenvalue weighted by Gasteiger charge is 2.26. The van der Waals surface area contributed by atoms with Gasteiger partial charge in [-0.2, -0.15) is 0 Å². The molecule has 9 nitrogen and oxygen atoms in total. The highest BCUT2D eigenvalue weighted by Crippen LogP contribution is 2.34. The normalized spacial score (nSPS) is 11.3. The molecular formula is C33H40N2O7. The second-order valence-electron chi connectivity index (χ2n) is 11.6. The average molecular weight is 577 g/mol. The van der Waals surface area contributed by atoms with Gasteiger partial charge in [0.1, 0.15) is 23.5 Å². The van der Waals surface area contributed by atoms with Gasteiger partial charge in [-0.3, -0.25) is 4.98 Å². The van der Waals surface area contributed by atoms with Gasteiger partial charge in [-0.05, 0) is 70.2 Å². The maximum atomic E-state index is 13.7. The number of hydrogen-bond donors (Lipinski definition) is 2. The van der Waals surface area contributed by atoms with Crippen molar-refractivity contribution in [3.8, 4) is 16.9 Å². The number of methoxy groups -OCH3 is 1. The van der Waals surface area contributed by atoms with Crippen LogP contribution >= 0.6 is 0 Å². The molecule has 0 aliphatic rings. The van der Waals surface area contributed by atoms with E-state index < -0.39 is 23.6 Å². The van der Waals surface area contributed by atoms with Crippen LogP contribution < -0.4 is 10.1 Å². The number of nitrogens with one attached hydrogen (secondary N) is 1. The van der Waals surface area contributed by atoms with E-state index in [0.717, 1.165) is 16.8 Å². The molecule has 1 aromatic heterocycles. The summed E-state index contributed by atoms with van der Waals surface area (Å²) in [6.07, 6.45) is 0.0621. The fourth-order valence-electron chi connectivity index (χ4n) is 4.53. The number of carbonyl (C=O) groups excluding carboxylic acids is 2. The highest BCUT2D eigenvalue weighted by atomic mass is 16.6. The van der Waals surface area contributed by atoms with Crippen molar-refractivity contribution < 1.29 is 33.7 Å². The van der Waals surface area contributed by atoms with Crippen molar-refractivity contribution >= 4 is 18.0 Å². The lowest BCUT2D eigenvalue weighted by molar-refractivity contribution is 0.0470. The first-order valence-electron chi connectivity index (χ1n) is 13.8. The summed E-state index contributed by atoms with van der Waals surface area (Å²) in [5, 5.41) is 12.2. The van der Waals surface area contributed by atoms with Crippen LogP contribution in [0.4, 0.5) is 4.79 Å². The van der Waals surface area contributed by atoms with Crippen molar-refractivity contribution in [2.75, 3.05) is 7.11 Å². The van der Waals surface area contributed by atoms with E-state index in [9.17, 15) is 19.5 Å². The Hall–Kier alpha value is -4.40. The summed E-state index contributed by atoms with van der Waals surface area (Å²) in [6, 6.07) is 12.3. The molecule has 0 saturated carbocycles. The zero-order chi connectivity index (χ0) is 31.2. The number of carboxylic acid groups (broad SMARTS) is 1. The Morgan fingerprint density at radius 3 is 2.26 bits per heavy atom. The third-order valence-electron chi connectivity index (χ3n) is 6.39. The number of pyridine rings is 1. The summed E-state index contributed by atoms with van der Waals surface area (Å²) < 4.78 is 16.4. The number of esters is 1. The van der Waals surface area contributed by atoms with E-state index in [2.05, 4.69) is 19.2 Å².